The van der Waals surface area contributed by atoms with Gasteiger partial charge in [0.15, 0.2) is 0 Å². The minimum atomic E-state index is -0.602. The number of allylic oxidation sites excluding steroid dienone is 1. The molecule has 0 amide bonds. The van der Waals surface area contributed by atoms with E-state index in [2.05, 4.69) is 0 Å². The van der Waals surface area contributed by atoms with Crippen LogP contribution in [0, 0.1) is 21.4 Å². The first kappa shape index (κ1) is 11.5. The maximum absolute atomic E-state index is 10.7. The summed E-state index contributed by atoms with van der Waals surface area (Å²) in [6, 6.07) is 5.87. The lowest BCUT2D eigenvalue weighted by Gasteiger charge is -2.02. The number of nitrogens with zero attached hydrogens (tertiary/aromatic N) is 2. The third-order valence-corrected chi connectivity index (χ3v) is 2.23. The van der Waals surface area contributed by atoms with Crippen molar-refractivity contribution in [3.8, 4) is 6.07 Å². The van der Waals surface area contributed by atoms with Gasteiger partial charge in [-0.1, -0.05) is 29.3 Å². The fraction of sp³-hybridized carbons (Fsp3) is 0. The lowest BCUT2D eigenvalue weighted by atomic mass is 10.1. The topological polar surface area (TPSA) is 66.9 Å². The summed E-state index contributed by atoms with van der Waals surface area (Å²) in [5.41, 5.74) is -0.161. The smallest absolute Gasteiger partial charge is 0.258 e. The highest BCUT2D eigenvalue weighted by Gasteiger charge is 2.18. The van der Waals surface area contributed by atoms with Gasteiger partial charge < -0.3 is 0 Å². The van der Waals surface area contributed by atoms with Crippen molar-refractivity contribution in [2.24, 2.45) is 0 Å². The quantitative estimate of drug-likeness (QED) is 0.454. The molecule has 76 valence electrons. The van der Waals surface area contributed by atoms with Crippen molar-refractivity contribution in [3.63, 3.8) is 0 Å². The number of halogens is 2. The number of nitriles is 1. The Morgan fingerprint density at radius 3 is 2.80 bits per heavy atom. The molecule has 0 bridgehead atoms. The molecule has 0 atom stereocenters. The van der Waals surface area contributed by atoms with Crippen molar-refractivity contribution < 1.29 is 4.92 Å². The number of hydrogen-bond acceptors (Lipinski definition) is 3. The van der Waals surface area contributed by atoms with Crippen LogP contribution < -0.4 is 0 Å². The summed E-state index contributed by atoms with van der Waals surface area (Å²) >= 11 is 11.5. The molecule has 0 fully saturated rings. The summed E-state index contributed by atoms with van der Waals surface area (Å²) < 4.78 is 0. The molecule has 0 radical (unpaired) electrons. The molecule has 15 heavy (non-hydrogen) atoms. The van der Waals surface area contributed by atoms with E-state index in [4.69, 9.17) is 28.5 Å². The summed E-state index contributed by atoms with van der Waals surface area (Å²) in [6.07, 6.45) is 0.996. The van der Waals surface area contributed by atoms with Gasteiger partial charge in [0.25, 0.3) is 5.69 Å². The molecule has 0 aromatic heterocycles. The van der Waals surface area contributed by atoms with E-state index in [0.717, 1.165) is 6.08 Å². The first-order chi connectivity index (χ1) is 7.07. The Bertz CT molecular complexity index is 477. The van der Waals surface area contributed by atoms with Gasteiger partial charge >= 0.3 is 0 Å². The Labute approximate surface area is 95.5 Å². The molecular weight excluding hydrogens is 239 g/mol. The zero-order valence-electron chi connectivity index (χ0n) is 7.28. The standard InChI is InChI=1S/C9H4Cl2N2O2/c10-6-2-1-3-8(13(14)15)9(6)7(11)4-5-12/h1-4H. The predicted molar refractivity (Wildman–Crippen MR) is 57.5 cm³/mol. The Balaban J connectivity index is 3.45. The fourth-order valence-corrected chi connectivity index (χ4v) is 1.60. The lowest BCUT2D eigenvalue weighted by molar-refractivity contribution is -0.385. The molecule has 0 aliphatic carbocycles. The summed E-state index contributed by atoms with van der Waals surface area (Å²) in [7, 11) is 0. The Hall–Kier alpha value is -1.57. The molecule has 0 N–H and O–H groups in total. The van der Waals surface area contributed by atoms with Crippen LogP contribution in [0.25, 0.3) is 5.03 Å². The van der Waals surface area contributed by atoms with Crippen LogP contribution in [-0.4, -0.2) is 4.92 Å². The van der Waals surface area contributed by atoms with E-state index in [1.807, 2.05) is 0 Å². The Morgan fingerprint density at radius 1 is 1.60 bits per heavy atom. The normalized spacial score (nSPS) is 10.9. The first-order valence-electron chi connectivity index (χ1n) is 3.76. The van der Waals surface area contributed by atoms with Gasteiger partial charge in [-0.2, -0.15) is 5.26 Å². The molecule has 0 aliphatic rings. The highest BCUT2D eigenvalue weighted by atomic mass is 35.5. The lowest BCUT2D eigenvalue weighted by Crippen LogP contribution is -1.93. The van der Waals surface area contributed by atoms with Crippen molar-refractivity contribution in [2.45, 2.75) is 0 Å². The molecule has 1 rings (SSSR count). The van der Waals surface area contributed by atoms with Gasteiger partial charge in [0.2, 0.25) is 0 Å². The highest BCUT2D eigenvalue weighted by Crippen LogP contribution is 2.34. The molecule has 0 aliphatic heterocycles. The van der Waals surface area contributed by atoms with Crippen LogP contribution in [0.15, 0.2) is 24.3 Å². The van der Waals surface area contributed by atoms with E-state index in [-0.39, 0.29) is 21.3 Å². The van der Waals surface area contributed by atoms with Gasteiger partial charge in [0.1, 0.15) is 0 Å². The molecule has 6 heteroatoms. The summed E-state index contributed by atoms with van der Waals surface area (Å²) in [4.78, 5) is 10.1. The largest absolute Gasteiger partial charge is 0.279 e. The fourth-order valence-electron chi connectivity index (χ4n) is 1.03. The van der Waals surface area contributed by atoms with Gasteiger partial charge in [-0.15, -0.1) is 0 Å². The minimum Gasteiger partial charge on any atom is -0.258 e. The molecule has 1 aromatic rings. The number of rotatable bonds is 2. The average molecular weight is 243 g/mol. The number of benzene rings is 1. The summed E-state index contributed by atoms with van der Waals surface area (Å²) in [5.74, 6) is 0. The van der Waals surface area contributed by atoms with Crippen molar-refractivity contribution in [1.29, 1.82) is 5.26 Å². The second kappa shape index (κ2) is 4.78. The molecule has 0 spiro atoms. The Kier molecular flexibility index (Phi) is 3.67. The second-order valence-corrected chi connectivity index (χ2v) is 3.33. The minimum absolute atomic E-state index is 0.0465. The molecular formula is C9H4Cl2N2O2. The van der Waals surface area contributed by atoms with Crippen LogP contribution >= 0.6 is 23.2 Å². The van der Waals surface area contributed by atoms with Crippen molar-refractivity contribution in [1.82, 2.24) is 0 Å². The maximum atomic E-state index is 10.7. The van der Waals surface area contributed by atoms with E-state index in [1.54, 1.807) is 6.07 Å². The van der Waals surface area contributed by atoms with Crippen LogP contribution in [0.4, 0.5) is 5.69 Å². The van der Waals surface area contributed by atoms with Gasteiger partial charge in [0, 0.05) is 12.1 Å². The average Bonchev–Trinajstić information content (AvgIpc) is 2.17. The van der Waals surface area contributed by atoms with Gasteiger partial charge in [-0.25, -0.2) is 0 Å². The molecule has 1 aromatic carbocycles. The van der Waals surface area contributed by atoms with Gasteiger partial charge in [-0.05, 0) is 6.07 Å². The van der Waals surface area contributed by atoms with Crippen LogP contribution in [0.1, 0.15) is 5.56 Å². The zero-order valence-corrected chi connectivity index (χ0v) is 8.79. The molecule has 0 saturated heterocycles. The monoisotopic (exact) mass is 242 g/mol. The third kappa shape index (κ3) is 2.46. The van der Waals surface area contributed by atoms with Crippen LogP contribution in [0.3, 0.4) is 0 Å². The van der Waals surface area contributed by atoms with Crippen molar-refractivity contribution >= 4 is 33.9 Å². The summed E-state index contributed by atoms with van der Waals surface area (Å²) in [6.45, 7) is 0. The SMILES string of the molecule is N#CC=C(Cl)c1c(Cl)cccc1[N+](=O)[O-]. The van der Waals surface area contributed by atoms with Gasteiger partial charge in [0.05, 0.1) is 26.6 Å². The van der Waals surface area contributed by atoms with Crippen molar-refractivity contribution in [2.75, 3.05) is 0 Å². The molecule has 0 heterocycles. The van der Waals surface area contributed by atoms with E-state index in [0.29, 0.717) is 0 Å². The predicted octanol–water partition coefficient (Wildman–Crippen LogP) is 3.35. The van der Waals surface area contributed by atoms with E-state index < -0.39 is 4.92 Å². The highest BCUT2D eigenvalue weighted by molar-refractivity contribution is 6.51. The van der Waals surface area contributed by atoms with Crippen LogP contribution in [0.5, 0.6) is 0 Å². The molecule has 4 nitrogen and oxygen atoms in total. The van der Waals surface area contributed by atoms with Crippen molar-refractivity contribution in [3.05, 3.63) is 45.0 Å². The maximum Gasteiger partial charge on any atom is 0.279 e. The van der Waals surface area contributed by atoms with E-state index in [1.165, 1.54) is 18.2 Å². The summed E-state index contributed by atoms with van der Waals surface area (Å²) in [5, 5.41) is 19.1. The molecule has 0 saturated carbocycles. The first-order valence-corrected chi connectivity index (χ1v) is 4.52. The van der Waals surface area contributed by atoms with Crippen LogP contribution in [0.2, 0.25) is 5.02 Å². The van der Waals surface area contributed by atoms with E-state index >= 15 is 0 Å². The Morgan fingerprint density at radius 2 is 2.27 bits per heavy atom. The van der Waals surface area contributed by atoms with Crippen LogP contribution in [-0.2, 0) is 0 Å². The molecule has 0 unspecified atom stereocenters. The number of nitro benzene ring substituents is 1. The second-order valence-electron chi connectivity index (χ2n) is 2.51. The van der Waals surface area contributed by atoms with Gasteiger partial charge in [-0.3, -0.25) is 10.1 Å². The third-order valence-electron chi connectivity index (χ3n) is 1.62. The van der Waals surface area contributed by atoms with E-state index in [9.17, 15) is 10.1 Å². The number of nitro groups is 1. The number of hydrogen-bond donors (Lipinski definition) is 0. The zero-order chi connectivity index (χ0) is 11.4.